The van der Waals surface area contributed by atoms with Crippen molar-refractivity contribution >= 4 is 34.8 Å². The predicted molar refractivity (Wildman–Crippen MR) is 80.1 cm³/mol. The number of aromatic hydroxyl groups is 1. The number of nitrogens with zero attached hydrogens (tertiary/aromatic N) is 2. The Hall–Kier alpha value is -2.35. The Labute approximate surface area is 129 Å². The van der Waals surface area contributed by atoms with Gasteiger partial charge in [0.2, 0.25) is 5.91 Å². The van der Waals surface area contributed by atoms with E-state index in [0.717, 1.165) is 17.8 Å². The summed E-state index contributed by atoms with van der Waals surface area (Å²) in [6.07, 6.45) is 1.78. The van der Waals surface area contributed by atoms with Crippen LogP contribution in [0.5, 0.6) is 5.75 Å². The van der Waals surface area contributed by atoms with Gasteiger partial charge in [0.15, 0.2) is 5.17 Å². The van der Waals surface area contributed by atoms with E-state index in [1.165, 1.54) is 18.2 Å². The van der Waals surface area contributed by atoms with Gasteiger partial charge >= 0.3 is 0 Å². The number of carbonyl (C=O) groups excluding carboxylic acids is 2. The number of aliphatic imine (C=N–C) groups is 1. The second kappa shape index (κ2) is 5.45. The smallest absolute Gasteiger partial charge is 0.286 e. The zero-order valence-corrected chi connectivity index (χ0v) is 12.4. The molecule has 2 aliphatic heterocycles. The van der Waals surface area contributed by atoms with Gasteiger partial charge in [0.25, 0.3) is 5.91 Å². The van der Waals surface area contributed by atoms with Crippen LogP contribution in [0.25, 0.3) is 6.08 Å². The third-order valence-corrected chi connectivity index (χ3v) is 4.24. The lowest BCUT2D eigenvalue weighted by atomic mass is 10.2. The molecule has 1 saturated heterocycles. The first-order chi connectivity index (χ1) is 10.4. The molecule has 3 rings (SSSR count). The molecule has 0 radical (unpaired) electrons. The number of hydrogen-bond donors (Lipinski definition) is 2. The number of hydrazine groups is 1. The summed E-state index contributed by atoms with van der Waals surface area (Å²) in [6.45, 7) is 1.85. The first-order valence-corrected chi connectivity index (χ1v) is 7.35. The van der Waals surface area contributed by atoms with Gasteiger partial charge in [0, 0.05) is 11.6 Å². The minimum Gasteiger partial charge on any atom is -0.507 e. The summed E-state index contributed by atoms with van der Waals surface area (Å²) < 4.78 is 13.0. The van der Waals surface area contributed by atoms with Gasteiger partial charge in [-0.15, -0.1) is 0 Å². The van der Waals surface area contributed by atoms with Gasteiger partial charge in [0.1, 0.15) is 11.6 Å². The lowest BCUT2D eigenvalue weighted by Crippen LogP contribution is -2.40. The van der Waals surface area contributed by atoms with E-state index in [-0.39, 0.29) is 17.7 Å². The Balaban J connectivity index is 1.82. The van der Waals surface area contributed by atoms with E-state index < -0.39 is 11.7 Å². The van der Waals surface area contributed by atoms with Crippen molar-refractivity contribution in [2.45, 2.75) is 19.4 Å². The molecular formula is C14H12FN3O3S. The zero-order chi connectivity index (χ0) is 15.9. The van der Waals surface area contributed by atoms with Crippen molar-refractivity contribution in [3.05, 3.63) is 34.5 Å². The summed E-state index contributed by atoms with van der Waals surface area (Å²) in [4.78, 5) is 27.5. The van der Waals surface area contributed by atoms with Gasteiger partial charge < -0.3 is 5.11 Å². The highest BCUT2D eigenvalue weighted by Crippen LogP contribution is 2.33. The first-order valence-electron chi connectivity index (χ1n) is 6.54. The topological polar surface area (TPSA) is 82.0 Å². The maximum Gasteiger partial charge on any atom is 0.286 e. The Bertz CT molecular complexity index is 732. The maximum atomic E-state index is 13.0. The van der Waals surface area contributed by atoms with Crippen LogP contribution in [0.15, 0.2) is 28.1 Å². The summed E-state index contributed by atoms with van der Waals surface area (Å²) in [5.41, 5.74) is 2.96. The monoisotopic (exact) mass is 321 g/mol. The highest BCUT2D eigenvalue weighted by Gasteiger charge is 2.34. The number of phenolic OH excluding ortho intramolecular Hbond substituents is 1. The Morgan fingerprint density at radius 1 is 1.50 bits per heavy atom. The molecule has 0 aliphatic carbocycles. The van der Waals surface area contributed by atoms with Crippen LogP contribution in [0.4, 0.5) is 4.39 Å². The number of hydrogen-bond acceptors (Lipinski definition) is 5. The van der Waals surface area contributed by atoms with E-state index in [2.05, 4.69) is 10.4 Å². The molecule has 0 bridgehead atoms. The van der Waals surface area contributed by atoms with Crippen LogP contribution < -0.4 is 5.43 Å². The summed E-state index contributed by atoms with van der Waals surface area (Å²) in [6, 6.07) is 3.45. The van der Waals surface area contributed by atoms with Crippen LogP contribution in [0.3, 0.4) is 0 Å². The van der Waals surface area contributed by atoms with E-state index >= 15 is 0 Å². The van der Waals surface area contributed by atoms with Crippen LogP contribution in [-0.4, -0.2) is 33.1 Å². The molecule has 1 fully saturated rings. The fourth-order valence-electron chi connectivity index (χ4n) is 2.17. The number of amidine groups is 1. The van der Waals surface area contributed by atoms with Crippen LogP contribution in [0, 0.1) is 5.82 Å². The molecule has 2 amide bonds. The molecule has 22 heavy (non-hydrogen) atoms. The average molecular weight is 321 g/mol. The molecular weight excluding hydrogens is 309 g/mol. The number of phenols is 1. The number of rotatable bonds is 1. The highest BCUT2D eigenvalue weighted by atomic mass is 32.2. The number of halogens is 1. The molecule has 1 aromatic carbocycles. The van der Waals surface area contributed by atoms with E-state index in [0.29, 0.717) is 22.1 Å². The van der Waals surface area contributed by atoms with Gasteiger partial charge in [-0.25, -0.2) is 4.39 Å². The first kappa shape index (κ1) is 14.6. The molecule has 1 atom stereocenters. The number of thioether (sulfide) groups is 1. The Morgan fingerprint density at radius 3 is 2.91 bits per heavy atom. The molecule has 0 aromatic heterocycles. The molecule has 114 valence electrons. The minimum absolute atomic E-state index is 0.0925. The summed E-state index contributed by atoms with van der Waals surface area (Å²) in [5.74, 6) is -1.40. The third-order valence-electron chi connectivity index (χ3n) is 3.26. The van der Waals surface area contributed by atoms with Crippen molar-refractivity contribution in [1.29, 1.82) is 0 Å². The number of nitrogens with one attached hydrogen (secondary N) is 1. The normalized spacial score (nSPS) is 23.2. The van der Waals surface area contributed by atoms with Gasteiger partial charge in [0.05, 0.1) is 17.4 Å². The van der Waals surface area contributed by atoms with Gasteiger partial charge in [-0.2, -0.15) is 4.99 Å². The molecule has 0 spiro atoms. The van der Waals surface area contributed by atoms with E-state index in [9.17, 15) is 19.1 Å². The fourth-order valence-corrected chi connectivity index (χ4v) is 3.14. The second-order valence-corrected chi connectivity index (χ2v) is 5.98. The van der Waals surface area contributed by atoms with Crippen LogP contribution in [-0.2, 0) is 9.59 Å². The van der Waals surface area contributed by atoms with Gasteiger partial charge in [-0.05, 0) is 36.9 Å². The van der Waals surface area contributed by atoms with Crippen molar-refractivity contribution < 1.29 is 19.1 Å². The Kier molecular flexibility index (Phi) is 3.61. The largest absolute Gasteiger partial charge is 0.507 e. The molecule has 2 N–H and O–H groups in total. The maximum absolute atomic E-state index is 13.0. The number of carbonyl (C=O) groups is 2. The summed E-state index contributed by atoms with van der Waals surface area (Å²) >= 11 is 1.10. The lowest BCUT2D eigenvalue weighted by molar-refractivity contribution is -0.120. The van der Waals surface area contributed by atoms with E-state index in [1.54, 1.807) is 5.01 Å². The van der Waals surface area contributed by atoms with Crippen molar-refractivity contribution in [3.63, 3.8) is 0 Å². The minimum atomic E-state index is -0.560. The van der Waals surface area contributed by atoms with Crippen molar-refractivity contribution in [3.8, 4) is 5.75 Å². The fraction of sp³-hybridized carbons (Fsp3) is 0.214. The molecule has 1 aromatic rings. The molecule has 0 saturated carbocycles. The molecule has 8 heteroatoms. The second-order valence-electron chi connectivity index (χ2n) is 4.97. The quantitative estimate of drug-likeness (QED) is 0.768. The standard InChI is InChI=1S/C14H12FN3O3S/c1-7-4-12(20)17-18(7)14-16-13(21)11(22-14)5-8-2-3-9(15)6-10(8)19/h2-3,5-7,19H,4H2,1H3,(H,17,20)/b11-5-. The molecule has 2 aliphatic rings. The van der Waals surface area contributed by atoms with Crippen LogP contribution in [0.1, 0.15) is 18.9 Å². The number of benzene rings is 1. The molecule has 2 heterocycles. The third kappa shape index (κ3) is 2.69. The average Bonchev–Trinajstić information content (AvgIpc) is 2.96. The zero-order valence-electron chi connectivity index (χ0n) is 11.5. The van der Waals surface area contributed by atoms with Crippen LogP contribution >= 0.6 is 11.8 Å². The number of amides is 2. The molecule has 6 nitrogen and oxygen atoms in total. The van der Waals surface area contributed by atoms with Crippen molar-refractivity contribution in [2.24, 2.45) is 4.99 Å². The summed E-state index contributed by atoms with van der Waals surface area (Å²) in [5, 5.41) is 11.6. The summed E-state index contributed by atoms with van der Waals surface area (Å²) in [7, 11) is 0. The van der Waals surface area contributed by atoms with E-state index in [1.807, 2.05) is 6.92 Å². The van der Waals surface area contributed by atoms with Crippen molar-refractivity contribution in [2.75, 3.05) is 0 Å². The van der Waals surface area contributed by atoms with Crippen molar-refractivity contribution in [1.82, 2.24) is 10.4 Å². The van der Waals surface area contributed by atoms with Gasteiger partial charge in [-0.3, -0.25) is 20.0 Å². The lowest BCUT2D eigenvalue weighted by Gasteiger charge is -2.20. The highest BCUT2D eigenvalue weighted by molar-refractivity contribution is 8.18. The van der Waals surface area contributed by atoms with Gasteiger partial charge in [-0.1, -0.05) is 0 Å². The Morgan fingerprint density at radius 2 is 2.27 bits per heavy atom. The molecule has 1 unspecified atom stereocenters. The van der Waals surface area contributed by atoms with E-state index in [4.69, 9.17) is 0 Å². The predicted octanol–water partition coefficient (Wildman–Crippen LogP) is 1.63. The SMILES string of the molecule is CC1CC(=O)NN1C1=NC(=O)/C(=C/c2ccc(F)cc2O)S1. The van der Waals surface area contributed by atoms with Crippen LogP contribution in [0.2, 0.25) is 0 Å².